The SMILES string of the molecule is COCC#C[C@]1(O)CC[C@H]2[C@@H]3OCC4=CC(=O)CCC4=C3C(c3ccc(N(C)C)cc3)C[C@@]21C. The van der Waals surface area contributed by atoms with Gasteiger partial charge in [0.2, 0.25) is 0 Å². The first kappa shape index (κ1) is 23.4. The van der Waals surface area contributed by atoms with E-state index in [9.17, 15) is 9.90 Å². The van der Waals surface area contributed by atoms with Crippen LogP contribution >= 0.6 is 0 Å². The Labute approximate surface area is 202 Å². The normalized spacial score (nSPS) is 34.4. The second-order valence-corrected chi connectivity index (χ2v) is 10.7. The molecule has 1 aromatic rings. The van der Waals surface area contributed by atoms with Crippen LogP contribution in [0.4, 0.5) is 5.69 Å². The number of carbonyl (C=O) groups excluding carboxylic acids is 1. The molecule has 1 aliphatic heterocycles. The van der Waals surface area contributed by atoms with E-state index in [-0.39, 0.29) is 23.7 Å². The number of anilines is 1. The minimum absolute atomic E-state index is 0.0594. The molecule has 3 aliphatic carbocycles. The highest BCUT2D eigenvalue weighted by molar-refractivity contribution is 5.93. The van der Waals surface area contributed by atoms with E-state index in [1.807, 2.05) is 14.1 Å². The van der Waals surface area contributed by atoms with Crippen LogP contribution in [-0.4, -0.2) is 57.0 Å². The van der Waals surface area contributed by atoms with Crippen molar-refractivity contribution in [2.24, 2.45) is 11.3 Å². The minimum Gasteiger partial charge on any atom is -0.378 e. The molecule has 5 nitrogen and oxygen atoms in total. The van der Waals surface area contributed by atoms with Crippen LogP contribution in [0.25, 0.3) is 0 Å². The molecule has 0 saturated heterocycles. The number of ether oxygens (including phenoxy) is 2. The van der Waals surface area contributed by atoms with Gasteiger partial charge in [-0.3, -0.25) is 4.79 Å². The standard InChI is InChI=1S/C29H35NO4/c1-28-17-24(19-6-8-21(9-7-19)30(2)3)26-23-11-10-22(31)16-20(23)18-34-27(26)25(28)12-14-29(28,32)13-5-15-33-4/h6-9,16,24-25,27,32H,10-12,14-15,17-18H2,1-4H3/t24?,25-,27-,28-,29-/m0/s1. The molecule has 1 unspecified atom stereocenters. The lowest BCUT2D eigenvalue weighted by atomic mass is 9.55. The number of hydrogen-bond acceptors (Lipinski definition) is 5. The van der Waals surface area contributed by atoms with E-state index in [1.165, 1.54) is 16.7 Å². The number of carbonyl (C=O) groups is 1. The van der Waals surface area contributed by atoms with Crippen molar-refractivity contribution in [2.45, 2.75) is 56.7 Å². The molecule has 1 aromatic carbocycles. The molecule has 4 aliphatic rings. The topological polar surface area (TPSA) is 59.0 Å². The van der Waals surface area contributed by atoms with E-state index >= 15 is 0 Å². The average Bonchev–Trinajstić information content (AvgIpc) is 3.09. The molecule has 5 heteroatoms. The fourth-order valence-corrected chi connectivity index (χ4v) is 6.78. The molecule has 0 aromatic heterocycles. The molecule has 0 amide bonds. The van der Waals surface area contributed by atoms with Gasteiger partial charge in [0.25, 0.3) is 0 Å². The third-order valence-electron chi connectivity index (χ3n) is 8.69. The van der Waals surface area contributed by atoms with Gasteiger partial charge in [-0.2, -0.15) is 0 Å². The second kappa shape index (κ2) is 8.68. The van der Waals surface area contributed by atoms with Gasteiger partial charge < -0.3 is 19.5 Å². The third-order valence-corrected chi connectivity index (χ3v) is 8.69. The lowest BCUT2D eigenvalue weighted by Crippen LogP contribution is -2.53. The zero-order valence-corrected chi connectivity index (χ0v) is 20.7. The number of hydrogen-bond donors (Lipinski definition) is 1. The number of aliphatic hydroxyl groups is 1. The Balaban J connectivity index is 1.63. The van der Waals surface area contributed by atoms with Crippen LogP contribution in [0.15, 0.2) is 47.1 Å². The van der Waals surface area contributed by atoms with Crippen LogP contribution in [0.3, 0.4) is 0 Å². The van der Waals surface area contributed by atoms with Gasteiger partial charge in [0, 0.05) is 44.6 Å². The molecular formula is C29H35NO4. The fourth-order valence-electron chi connectivity index (χ4n) is 6.78. The first-order valence-electron chi connectivity index (χ1n) is 12.3. The van der Waals surface area contributed by atoms with Crippen molar-refractivity contribution in [3.05, 3.63) is 52.6 Å². The number of rotatable bonds is 3. The van der Waals surface area contributed by atoms with Crippen LogP contribution in [0.1, 0.15) is 50.5 Å². The van der Waals surface area contributed by atoms with Crippen LogP contribution < -0.4 is 4.90 Å². The highest BCUT2D eigenvalue weighted by Crippen LogP contribution is 2.64. The number of nitrogens with zero attached hydrogens (tertiary/aromatic N) is 1. The summed E-state index contributed by atoms with van der Waals surface area (Å²) in [6, 6.07) is 8.75. The number of methoxy groups -OCH3 is 1. The van der Waals surface area contributed by atoms with Crippen molar-refractivity contribution in [2.75, 3.05) is 39.3 Å². The monoisotopic (exact) mass is 461 g/mol. The highest BCUT2D eigenvalue weighted by Gasteiger charge is 2.63. The smallest absolute Gasteiger partial charge is 0.156 e. The van der Waals surface area contributed by atoms with Crippen molar-refractivity contribution >= 4 is 11.5 Å². The maximum absolute atomic E-state index is 12.2. The van der Waals surface area contributed by atoms with E-state index in [4.69, 9.17) is 9.47 Å². The van der Waals surface area contributed by atoms with E-state index < -0.39 is 11.0 Å². The summed E-state index contributed by atoms with van der Waals surface area (Å²) in [5.74, 6) is 6.74. The number of ketones is 1. The van der Waals surface area contributed by atoms with Crippen LogP contribution in [0.2, 0.25) is 0 Å². The van der Waals surface area contributed by atoms with Gasteiger partial charge in [0.1, 0.15) is 12.2 Å². The summed E-state index contributed by atoms with van der Waals surface area (Å²) < 4.78 is 11.7. The van der Waals surface area contributed by atoms with Gasteiger partial charge in [-0.1, -0.05) is 30.9 Å². The Morgan fingerprint density at radius 2 is 2.00 bits per heavy atom. The molecule has 1 N–H and O–H groups in total. The van der Waals surface area contributed by atoms with Gasteiger partial charge in [-0.15, -0.1) is 0 Å². The Morgan fingerprint density at radius 1 is 1.24 bits per heavy atom. The number of allylic oxidation sites excluding steroid dienone is 1. The zero-order valence-electron chi connectivity index (χ0n) is 20.7. The van der Waals surface area contributed by atoms with E-state index in [1.54, 1.807) is 13.2 Å². The van der Waals surface area contributed by atoms with Gasteiger partial charge in [-0.25, -0.2) is 0 Å². The molecule has 34 heavy (non-hydrogen) atoms. The summed E-state index contributed by atoms with van der Waals surface area (Å²) in [4.78, 5) is 14.3. The van der Waals surface area contributed by atoms with Crippen molar-refractivity contribution in [3.8, 4) is 11.8 Å². The van der Waals surface area contributed by atoms with Gasteiger partial charge in [-0.05, 0) is 72.1 Å². The molecule has 2 fully saturated rings. The molecule has 0 spiro atoms. The lowest BCUT2D eigenvalue weighted by molar-refractivity contribution is -0.115. The van der Waals surface area contributed by atoms with E-state index in [2.05, 4.69) is 47.9 Å². The first-order valence-corrected chi connectivity index (χ1v) is 12.3. The average molecular weight is 462 g/mol. The number of benzene rings is 1. The van der Waals surface area contributed by atoms with Crippen LogP contribution in [0.5, 0.6) is 0 Å². The molecule has 0 radical (unpaired) electrons. The summed E-state index contributed by atoms with van der Waals surface area (Å²) in [5.41, 5.74) is 4.62. The van der Waals surface area contributed by atoms with Crippen molar-refractivity contribution in [1.82, 2.24) is 0 Å². The predicted molar refractivity (Wildman–Crippen MR) is 133 cm³/mol. The summed E-state index contributed by atoms with van der Waals surface area (Å²) >= 11 is 0. The minimum atomic E-state index is -1.07. The highest BCUT2D eigenvalue weighted by atomic mass is 16.5. The van der Waals surface area contributed by atoms with Crippen molar-refractivity contribution < 1.29 is 19.4 Å². The van der Waals surface area contributed by atoms with Gasteiger partial charge >= 0.3 is 0 Å². The Kier molecular flexibility index (Phi) is 5.96. The zero-order chi connectivity index (χ0) is 24.1. The summed E-state index contributed by atoms with van der Waals surface area (Å²) in [7, 11) is 5.72. The van der Waals surface area contributed by atoms with Crippen molar-refractivity contribution in [1.29, 1.82) is 0 Å². The van der Waals surface area contributed by atoms with Gasteiger partial charge in [0.15, 0.2) is 5.78 Å². The Hall–Kier alpha value is -2.39. The van der Waals surface area contributed by atoms with Crippen molar-refractivity contribution in [3.63, 3.8) is 0 Å². The van der Waals surface area contributed by atoms with Crippen LogP contribution in [-0.2, 0) is 14.3 Å². The molecule has 5 atom stereocenters. The molecule has 0 bridgehead atoms. The molecule has 1 heterocycles. The summed E-state index contributed by atoms with van der Waals surface area (Å²) in [6.45, 7) is 2.99. The second-order valence-electron chi connectivity index (χ2n) is 10.7. The Morgan fingerprint density at radius 3 is 2.71 bits per heavy atom. The summed E-state index contributed by atoms with van der Waals surface area (Å²) in [6.07, 6.45) is 5.40. The summed E-state index contributed by atoms with van der Waals surface area (Å²) in [5, 5.41) is 11.8. The molecular weight excluding hydrogens is 426 g/mol. The quantitative estimate of drug-likeness (QED) is 0.689. The largest absolute Gasteiger partial charge is 0.378 e. The maximum atomic E-state index is 12.2. The molecule has 2 saturated carbocycles. The molecule has 5 rings (SSSR count). The number of fused-ring (bicyclic) bond motifs is 4. The lowest BCUT2D eigenvalue weighted by Gasteiger charge is -2.53. The van der Waals surface area contributed by atoms with E-state index in [0.29, 0.717) is 26.1 Å². The van der Waals surface area contributed by atoms with Gasteiger partial charge in [0.05, 0.1) is 12.7 Å². The predicted octanol–water partition coefficient (Wildman–Crippen LogP) is 4.02. The maximum Gasteiger partial charge on any atom is 0.156 e. The fraction of sp³-hybridized carbons (Fsp3) is 0.552. The first-order chi connectivity index (χ1) is 16.3. The van der Waals surface area contributed by atoms with Crippen LogP contribution in [0, 0.1) is 23.2 Å². The van der Waals surface area contributed by atoms with E-state index in [0.717, 1.165) is 30.5 Å². The molecule has 180 valence electrons. The Bertz CT molecular complexity index is 1110. The third kappa shape index (κ3) is 3.64.